The number of hydrogen-bond donors (Lipinski definition) is 0. The van der Waals surface area contributed by atoms with Crippen molar-refractivity contribution in [2.45, 2.75) is 85.5 Å². The van der Waals surface area contributed by atoms with E-state index in [1.54, 1.807) is 26.0 Å². The van der Waals surface area contributed by atoms with Crippen LogP contribution in [0.15, 0.2) is 23.3 Å². The van der Waals surface area contributed by atoms with Gasteiger partial charge in [-0.15, -0.1) is 0 Å². The Morgan fingerprint density at radius 1 is 1.00 bits per heavy atom. The average Bonchev–Trinajstić information content (AvgIpc) is 2.60. The van der Waals surface area contributed by atoms with Gasteiger partial charge in [-0.3, -0.25) is 0 Å². The third kappa shape index (κ3) is 11.9. The zero-order valence-corrected chi connectivity index (χ0v) is 16.1. The van der Waals surface area contributed by atoms with Gasteiger partial charge in [0.2, 0.25) is 0 Å². The Morgan fingerprint density at radius 3 is 2.25 bits per heavy atom. The first-order valence-electron chi connectivity index (χ1n) is 9.47. The van der Waals surface area contributed by atoms with E-state index < -0.39 is 0 Å². The number of allylic oxidation sites excluding steroid dienone is 3. The molecule has 0 bridgehead atoms. The lowest BCUT2D eigenvalue weighted by Gasteiger charge is -2.17. The van der Waals surface area contributed by atoms with Gasteiger partial charge in [0, 0.05) is 11.1 Å². The Balaban J connectivity index is 4.32. The highest BCUT2D eigenvalue weighted by Gasteiger charge is 2.12. The lowest BCUT2D eigenvalue weighted by atomic mass is 9.96. The van der Waals surface area contributed by atoms with E-state index in [0.29, 0.717) is 23.7 Å². The molecule has 1 unspecified atom stereocenters. The fourth-order valence-corrected chi connectivity index (χ4v) is 2.50. The van der Waals surface area contributed by atoms with Crippen LogP contribution in [0.1, 0.15) is 85.5 Å². The number of rotatable bonds is 13. The van der Waals surface area contributed by atoms with Gasteiger partial charge in [0.25, 0.3) is 0 Å². The van der Waals surface area contributed by atoms with Gasteiger partial charge >= 0.3 is 5.97 Å². The smallest absolute Gasteiger partial charge is 0.333 e. The molecular weight excluding hydrogens is 298 g/mol. The van der Waals surface area contributed by atoms with Crippen LogP contribution in [0.3, 0.4) is 0 Å². The number of carbonyl (C=O) groups is 1. The Morgan fingerprint density at radius 2 is 1.62 bits per heavy atom. The molecule has 0 aromatic rings. The molecule has 3 heteroatoms. The van der Waals surface area contributed by atoms with E-state index >= 15 is 0 Å². The van der Waals surface area contributed by atoms with E-state index in [-0.39, 0.29) is 5.97 Å². The highest BCUT2D eigenvalue weighted by molar-refractivity contribution is 5.88. The van der Waals surface area contributed by atoms with Gasteiger partial charge in [-0.25, -0.2) is 4.79 Å². The number of unbranched alkanes of at least 4 members (excludes halogenated alkanes) is 5. The molecule has 0 amide bonds. The van der Waals surface area contributed by atoms with Gasteiger partial charge in [0.05, 0.1) is 12.7 Å². The van der Waals surface area contributed by atoms with Crippen LogP contribution in [-0.2, 0) is 9.53 Å². The van der Waals surface area contributed by atoms with Gasteiger partial charge in [0.15, 0.2) is 0 Å². The van der Waals surface area contributed by atoms with Crippen LogP contribution in [0.25, 0.3) is 0 Å². The van der Waals surface area contributed by atoms with Crippen molar-refractivity contribution >= 4 is 5.97 Å². The second kappa shape index (κ2) is 15.0. The molecule has 0 aliphatic carbocycles. The SMILES string of the molecule is CCCCCCCC(CCCC)COC(=O)/C(C)=C/C=C(\C)C#N. The lowest BCUT2D eigenvalue weighted by Crippen LogP contribution is -2.15. The fourth-order valence-electron chi connectivity index (χ4n) is 2.50. The van der Waals surface area contributed by atoms with E-state index in [2.05, 4.69) is 13.8 Å². The minimum Gasteiger partial charge on any atom is -0.462 e. The fraction of sp³-hybridized carbons (Fsp3) is 0.714. The summed E-state index contributed by atoms with van der Waals surface area (Å²) >= 11 is 0. The maximum Gasteiger partial charge on any atom is 0.333 e. The molecule has 0 spiro atoms. The molecule has 0 aliphatic heterocycles. The van der Waals surface area contributed by atoms with Crippen molar-refractivity contribution in [2.75, 3.05) is 6.61 Å². The van der Waals surface area contributed by atoms with Crippen molar-refractivity contribution in [3.05, 3.63) is 23.3 Å². The Labute approximate surface area is 148 Å². The first-order chi connectivity index (χ1) is 11.5. The summed E-state index contributed by atoms with van der Waals surface area (Å²) in [5.41, 5.74) is 1.12. The molecular formula is C21H35NO2. The van der Waals surface area contributed by atoms with E-state index in [1.165, 1.54) is 44.9 Å². The first-order valence-corrected chi connectivity index (χ1v) is 9.47. The maximum atomic E-state index is 12.0. The van der Waals surface area contributed by atoms with Crippen LogP contribution in [-0.4, -0.2) is 12.6 Å². The minimum atomic E-state index is -0.274. The van der Waals surface area contributed by atoms with Gasteiger partial charge in [-0.2, -0.15) is 5.26 Å². The van der Waals surface area contributed by atoms with Crippen LogP contribution in [0.5, 0.6) is 0 Å². The average molecular weight is 334 g/mol. The third-order valence-corrected chi connectivity index (χ3v) is 4.21. The van der Waals surface area contributed by atoms with Crippen molar-refractivity contribution in [2.24, 2.45) is 5.92 Å². The first kappa shape index (κ1) is 22.4. The number of nitrogens with zero attached hydrogens (tertiary/aromatic N) is 1. The van der Waals surface area contributed by atoms with Crippen molar-refractivity contribution in [1.82, 2.24) is 0 Å². The Hall–Kier alpha value is -1.56. The molecule has 0 saturated heterocycles. The second-order valence-electron chi connectivity index (χ2n) is 6.62. The molecule has 1 atom stereocenters. The summed E-state index contributed by atoms with van der Waals surface area (Å²) in [7, 11) is 0. The van der Waals surface area contributed by atoms with Crippen molar-refractivity contribution in [3.63, 3.8) is 0 Å². The van der Waals surface area contributed by atoms with Crippen molar-refractivity contribution in [1.29, 1.82) is 5.26 Å². The summed E-state index contributed by atoms with van der Waals surface area (Å²) in [5, 5.41) is 8.72. The largest absolute Gasteiger partial charge is 0.462 e. The highest BCUT2D eigenvalue weighted by Crippen LogP contribution is 2.18. The van der Waals surface area contributed by atoms with Crippen LogP contribution in [0, 0.1) is 17.2 Å². The molecule has 0 aliphatic rings. The van der Waals surface area contributed by atoms with Crippen molar-refractivity contribution in [3.8, 4) is 6.07 Å². The van der Waals surface area contributed by atoms with E-state index in [4.69, 9.17) is 10.00 Å². The number of esters is 1. The maximum absolute atomic E-state index is 12.0. The zero-order valence-electron chi connectivity index (χ0n) is 16.1. The van der Waals surface area contributed by atoms with Gasteiger partial charge in [0.1, 0.15) is 0 Å². The molecule has 3 nitrogen and oxygen atoms in total. The molecule has 0 fully saturated rings. The molecule has 0 rings (SSSR count). The molecule has 0 heterocycles. The summed E-state index contributed by atoms with van der Waals surface area (Å²) in [4.78, 5) is 12.0. The monoisotopic (exact) mass is 333 g/mol. The summed E-state index contributed by atoms with van der Waals surface area (Å²) < 4.78 is 5.49. The minimum absolute atomic E-state index is 0.274. The third-order valence-electron chi connectivity index (χ3n) is 4.21. The predicted octanol–water partition coefficient (Wildman–Crippen LogP) is 6.11. The van der Waals surface area contributed by atoms with Crippen LogP contribution >= 0.6 is 0 Å². The number of carbonyl (C=O) groups excluding carboxylic acids is 1. The normalized spacial score (nSPS) is 13.5. The van der Waals surface area contributed by atoms with Gasteiger partial charge < -0.3 is 4.74 Å². The summed E-state index contributed by atoms with van der Waals surface area (Å²) in [6.45, 7) is 8.39. The topological polar surface area (TPSA) is 50.1 Å². The predicted molar refractivity (Wildman–Crippen MR) is 100 cm³/mol. The molecule has 136 valence electrons. The summed E-state index contributed by atoms with van der Waals surface area (Å²) in [5.74, 6) is 0.198. The van der Waals surface area contributed by atoms with E-state index in [0.717, 1.165) is 12.8 Å². The van der Waals surface area contributed by atoms with Crippen LogP contribution < -0.4 is 0 Å². The Bertz CT molecular complexity index is 443. The molecule has 0 radical (unpaired) electrons. The molecule has 0 aromatic carbocycles. The van der Waals surface area contributed by atoms with Gasteiger partial charge in [-0.05, 0) is 38.7 Å². The number of hydrogen-bond acceptors (Lipinski definition) is 3. The van der Waals surface area contributed by atoms with Crippen LogP contribution in [0.2, 0.25) is 0 Å². The summed E-state index contributed by atoms with van der Waals surface area (Å²) in [6, 6.07) is 2.03. The summed E-state index contributed by atoms with van der Waals surface area (Å²) in [6.07, 6.45) is 14.4. The quantitative estimate of drug-likeness (QED) is 0.134. The second-order valence-corrected chi connectivity index (χ2v) is 6.62. The lowest BCUT2D eigenvalue weighted by molar-refractivity contribution is -0.140. The Kier molecular flexibility index (Phi) is 14.0. The molecule has 0 aromatic heterocycles. The van der Waals surface area contributed by atoms with Crippen LogP contribution in [0.4, 0.5) is 0 Å². The standard InChI is InChI=1S/C21H35NO2/c1-5-7-9-10-11-13-20(12-8-6-2)17-24-21(23)19(4)15-14-18(3)16-22/h14-15,20H,5-13,17H2,1-4H3/b18-14+,19-15+. The van der Waals surface area contributed by atoms with E-state index in [1.807, 2.05) is 6.07 Å². The highest BCUT2D eigenvalue weighted by atomic mass is 16.5. The molecule has 0 N–H and O–H groups in total. The number of nitriles is 1. The van der Waals surface area contributed by atoms with Gasteiger partial charge in [-0.1, -0.05) is 64.9 Å². The van der Waals surface area contributed by atoms with E-state index in [9.17, 15) is 4.79 Å². The van der Waals surface area contributed by atoms with Crippen molar-refractivity contribution < 1.29 is 9.53 Å². The number of ether oxygens (including phenoxy) is 1. The zero-order chi connectivity index (χ0) is 18.2. The molecule has 0 saturated carbocycles. The molecule has 24 heavy (non-hydrogen) atoms.